The molecule has 1 fully saturated rings. The predicted molar refractivity (Wildman–Crippen MR) is 92.2 cm³/mol. The molecule has 132 valence electrons. The van der Waals surface area contributed by atoms with Crippen LogP contribution in [0.1, 0.15) is 44.0 Å². The van der Waals surface area contributed by atoms with Crippen molar-refractivity contribution in [2.45, 2.75) is 45.3 Å². The Morgan fingerprint density at radius 2 is 1.96 bits per heavy atom. The molecule has 0 spiro atoms. The van der Waals surface area contributed by atoms with Gasteiger partial charge < -0.3 is 14.5 Å². The fourth-order valence-corrected chi connectivity index (χ4v) is 2.86. The summed E-state index contributed by atoms with van der Waals surface area (Å²) >= 11 is 5.99. The molecule has 0 saturated carbocycles. The zero-order valence-electron chi connectivity index (χ0n) is 14.6. The summed E-state index contributed by atoms with van der Waals surface area (Å²) in [5, 5.41) is 0.218. The van der Waals surface area contributed by atoms with Crippen LogP contribution in [-0.2, 0) is 4.74 Å². The smallest absolute Gasteiger partial charge is 0.410 e. The number of nitrogens with zero attached hydrogens (tertiary/aromatic N) is 3. The molecule has 1 aromatic rings. The van der Waals surface area contributed by atoms with E-state index in [1.165, 1.54) is 0 Å². The number of likely N-dealkylation sites (tertiary alicyclic amines) is 1. The van der Waals surface area contributed by atoms with Gasteiger partial charge in [0.2, 0.25) is 0 Å². The molecule has 7 heteroatoms. The Labute approximate surface area is 147 Å². The minimum Gasteiger partial charge on any atom is -0.444 e. The van der Waals surface area contributed by atoms with Crippen molar-refractivity contribution in [2.24, 2.45) is 0 Å². The maximum atomic E-state index is 12.5. The van der Waals surface area contributed by atoms with Crippen molar-refractivity contribution < 1.29 is 14.3 Å². The molecule has 1 aliphatic heterocycles. The first-order chi connectivity index (χ1) is 11.2. The number of pyridine rings is 1. The molecule has 0 bridgehead atoms. The van der Waals surface area contributed by atoms with Crippen molar-refractivity contribution in [2.75, 3.05) is 20.1 Å². The van der Waals surface area contributed by atoms with E-state index in [2.05, 4.69) is 4.98 Å². The normalized spacial score (nSPS) is 16.0. The molecule has 0 N–H and O–H groups in total. The summed E-state index contributed by atoms with van der Waals surface area (Å²) in [4.78, 5) is 32.0. The van der Waals surface area contributed by atoms with E-state index < -0.39 is 5.60 Å². The zero-order chi connectivity index (χ0) is 17.9. The lowest BCUT2D eigenvalue weighted by atomic mass is 10.0. The second-order valence-electron chi connectivity index (χ2n) is 6.96. The topological polar surface area (TPSA) is 62.7 Å². The molecule has 1 aromatic heterocycles. The molecule has 2 rings (SSSR count). The third kappa shape index (κ3) is 4.60. The van der Waals surface area contributed by atoms with Gasteiger partial charge in [-0.15, -0.1) is 0 Å². The number of amides is 2. The highest BCUT2D eigenvalue weighted by molar-refractivity contribution is 6.32. The summed E-state index contributed by atoms with van der Waals surface area (Å²) in [6.07, 6.45) is 2.64. The van der Waals surface area contributed by atoms with Crippen LogP contribution in [0.25, 0.3) is 0 Å². The third-order valence-electron chi connectivity index (χ3n) is 3.97. The van der Waals surface area contributed by atoms with Crippen LogP contribution in [0.3, 0.4) is 0 Å². The van der Waals surface area contributed by atoms with Crippen LogP contribution >= 0.6 is 11.6 Å². The molecular formula is C17H24ClN3O3. The van der Waals surface area contributed by atoms with Crippen LogP contribution in [0.4, 0.5) is 4.79 Å². The van der Waals surface area contributed by atoms with Gasteiger partial charge in [-0.3, -0.25) is 4.79 Å². The highest BCUT2D eigenvalue weighted by Gasteiger charge is 2.30. The highest BCUT2D eigenvalue weighted by Crippen LogP contribution is 2.21. The van der Waals surface area contributed by atoms with E-state index in [9.17, 15) is 9.59 Å². The van der Waals surface area contributed by atoms with E-state index in [4.69, 9.17) is 16.3 Å². The van der Waals surface area contributed by atoms with Crippen molar-refractivity contribution in [3.05, 3.63) is 29.0 Å². The molecular weight excluding hydrogens is 330 g/mol. The number of ether oxygens (including phenoxy) is 1. The van der Waals surface area contributed by atoms with Crippen LogP contribution in [0, 0.1) is 0 Å². The largest absolute Gasteiger partial charge is 0.444 e. The van der Waals surface area contributed by atoms with Crippen LogP contribution in [-0.4, -0.2) is 58.6 Å². The van der Waals surface area contributed by atoms with Gasteiger partial charge in [-0.25, -0.2) is 9.78 Å². The van der Waals surface area contributed by atoms with Crippen LogP contribution in [0.2, 0.25) is 5.15 Å². The number of aromatic nitrogens is 1. The molecule has 0 aromatic carbocycles. The molecule has 1 aliphatic rings. The first-order valence-electron chi connectivity index (χ1n) is 8.04. The van der Waals surface area contributed by atoms with Crippen molar-refractivity contribution in [3.8, 4) is 0 Å². The number of hydrogen-bond acceptors (Lipinski definition) is 4. The Balaban J connectivity index is 1.93. The maximum absolute atomic E-state index is 12.5. The van der Waals surface area contributed by atoms with E-state index in [0.717, 1.165) is 0 Å². The molecule has 0 radical (unpaired) electrons. The average Bonchev–Trinajstić information content (AvgIpc) is 2.52. The van der Waals surface area contributed by atoms with Crippen LogP contribution < -0.4 is 0 Å². The summed E-state index contributed by atoms with van der Waals surface area (Å²) in [5.41, 5.74) is -0.0999. The number of halogens is 1. The number of carbonyl (C=O) groups is 2. The number of hydrogen-bond donors (Lipinski definition) is 0. The van der Waals surface area contributed by atoms with E-state index in [1.54, 1.807) is 35.2 Å². The molecule has 2 heterocycles. The van der Waals surface area contributed by atoms with E-state index >= 15 is 0 Å². The Morgan fingerprint density at radius 3 is 2.50 bits per heavy atom. The average molecular weight is 354 g/mol. The lowest BCUT2D eigenvalue weighted by Crippen LogP contribution is -2.48. The van der Waals surface area contributed by atoms with E-state index in [1.807, 2.05) is 20.8 Å². The van der Waals surface area contributed by atoms with Gasteiger partial charge in [-0.1, -0.05) is 11.6 Å². The fourth-order valence-electron chi connectivity index (χ4n) is 2.66. The summed E-state index contributed by atoms with van der Waals surface area (Å²) in [7, 11) is 1.74. The van der Waals surface area contributed by atoms with Crippen molar-refractivity contribution >= 4 is 23.6 Å². The zero-order valence-corrected chi connectivity index (χ0v) is 15.3. The lowest BCUT2D eigenvalue weighted by molar-refractivity contribution is 0.0156. The maximum Gasteiger partial charge on any atom is 0.410 e. The van der Waals surface area contributed by atoms with Gasteiger partial charge in [-0.2, -0.15) is 0 Å². The van der Waals surface area contributed by atoms with Gasteiger partial charge in [0.05, 0.1) is 5.56 Å². The number of piperidine rings is 1. The molecule has 2 amide bonds. The monoisotopic (exact) mass is 353 g/mol. The fraction of sp³-hybridized carbons (Fsp3) is 0.588. The summed E-state index contributed by atoms with van der Waals surface area (Å²) in [6.45, 7) is 6.68. The molecule has 24 heavy (non-hydrogen) atoms. The van der Waals surface area contributed by atoms with Crippen LogP contribution in [0.15, 0.2) is 18.3 Å². The lowest BCUT2D eigenvalue weighted by Gasteiger charge is -2.37. The summed E-state index contributed by atoms with van der Waals surface area (Å²) in [5.74, 6) is -0.119. The number of rotatable bonds is 2. The molecule has 0 aliphatic carbocycles. The molecule has 0 atom stereocenters. The highest BCUT2D eigenvalue weighted by atomic mass is 35.5. The SMILES string of the molecule is CN(C(=O)OC(C)(C)C)C1CCN(C(=O)c2cccnc2Cl)CC1. The standard InChI is InChI=1S/C17H24ClN3O3/c1-17(2,3)24-16(23)20(4)12-7-10-21(11-8-12)15(22)13-6-5-9-19-14(13)18/h5-6,9,12H,7-8,10-11H2,1-4H3. The second-order valence-corrected chi connectivity index (χ2v) is 7.31. The van der Waals surface area contributed by atoms with Gasteiger partial charge >= 0.3 is 6.09 Å². The third-order valence-corrected chi connectivity index (χ3v) is 4.27. The first-order valence-corrected chi connectivity index (χ1v) is 8.42. The van der Waals surface area contributed by atoms with E-state index in [0.29, 0.717) is 31.5 Å². The first kappa shape index (κ1) is 18.5. The van der Waals surface area contributed by atoms with Gasteiger partial charge in [0.1, 0.15) is 10.8 Å². The van der Waals surface area contributed by atoms with E-state index in [-0.39, 0.29) is 23.2 Å². The predicted octanol–water partition coefficient (Wildman–Crippen LogP) is 3.21. The Bertz CT molecular complexity index is 607. The molecule has 6 nitrogen and oxygen atoms in total. The Hall–Kier alpha value is -1.82. The van der Waals surface area contributed by atoms with Crippen molar-refractivity contribution in [1.82, 2.24) is 14.8 Å². The van der Waals surface area contributed by atoms with Crippen LogP contribution in [0.5, 0.6) is 0 Å². The van der Waals surface area contributed by atoms with Gasteiger partial charge in [0.25, 0.3) is 5.91 Å². The minimum absolute atomic E-state index is 0.0632. The molecule has 0 unspecified atom stereocenters. The Morgan fingerprint density at radius 1 is 1.33 bits per heavy atom. The number of carbonyl (C=O) groups excluding carboxylic acids is 2. The van der Waals surface area contributed by atoms with Gasteiger partial charge in [-0.05, 0) is 45.7 Å². The summed E-state index contributed by atoms with van der Waals surface area (Å²) in [6, 6.07) is 3.44. The van der Waals surface area contributed by atoms with Crippen molar-refractivity contribution in [3.63, 3.8) is 0 Å². The quantitative estimate of drug-likeness (QED) is 0.766. The van der Waals surface area contributed by atoms with Gasteiger partial charge in [0.15, 0.2) is 0 Å². The summed E-state index contributed by atoms with van der Waals surface area (Å²) < 4.78 is 5.39. The molecule has 1 saturated heterocycles. The minimum atomic E-state index is -0.515. The second kappa shape index (κ2) is 7.38. The Kier molecular flexibility index (Phi) is 5.70. The van der Waals surface area contributed by atoms with Gasteiger partial charge in [0, 0.05) is 32.4 Å². The van der Waals surface area contributed by atoms with Crippen molar-refractivity contribution in [1.29, 1.82) is 0 Å².